The molecule has 0 atom stereocenters. The first-order chi connectivity index (χ1) is 11.7. The molecule has 1 aliphatic heterocycles. The minimum atomic E-state index is -0.0546. The van der Waals surface area contributed by atoms with Gasteiger partial charge in [0.25, 0.3) is 5.91 Å². The summed E-state index contributed by atoms with van der Waals surface area (Å²) in [4.78, 5) is 22.9. The molecule has 0 aromatic carbocycles. The van der Waals surface area contributed by atoms with Crippen LogP contribution in [0.25, 0.3) is 0 Å². The van der Waals surface area contributed by atoms with Crippen molar-refractivity contribution in [2.75, 3.05) is 13.1 Å². The number of hydrogen-bond donors (Lipinski definition) is 0. The van der Waals surface area contributed by atoms with Crippen LogP contribution < -0.4 is 0 Å². The summed E-state index contributed by atoms with van der Waals surface area (Å²) >= 11 is 0. The molecule has 0 spiro atoms. The topological polar surface area (TPSA) is 82.0 Å². The number of aromatic nitrogens is 5. The van der Waals surface area contributed by atoms with Gasteiger partial charge in [-0.15, -0.1) is 0 Å². The van der Waals surface area contributed by atoms with E-state index < -0.39 is 0 Å². The zero-order chi connectivity index (χ0) is 16.5. The van der Waals surface area contributed by atoms with Crippen LogP contribution in [0.15, 0.2) is 35.6 Å². The van der Waals surface area contributed by atoms with E-state index in [2.05, 4.69) is 19.6 Å². The Hall–Kier alpha value is -2.90. The lowest BCUT2D eigenvalue weighted by Gasteiger charge is -2.19. The fraction of sp³-hybridized carbons (Fsp3) is 0.375. The van der Waals surface area contributed by atoms with Crippen molar-refractivity contribution >= 4 is 5.91 Å². The second kappa shape index (κ2) is 5.95. The van der Waals surface area contributed by atoms with E-state index in [1.54, 1.807) is 17.3 Å². The van der Waals surface area contributed by atoms with Gasteiger partial charge in [-0.1, -0.05) is 0 Å². The largest absolute Gasteiger partial charge is 0.459 e. The number of furan rings is 1. The number of nitrogens with zero attached hydrogens (tertiary/aromatic N) is 6. The Morgan fingerprint density at radius 3 is 3.00 bits per heavy atom. The third kappa shape index (κ3) is 2.60. The van der Waals surface area contributed by atoms with E-state index in [0.717, 1.165) is 23.5 Å². The Bertz CT molecular complexity index is 848. The van der Waals surface area contributed by atoms with Crippen molar-refractivity contribution in [3.8, 4) is 0 Å². The Morgan fingerprint density at radius 1 is 1.33 bits per heavy atom. The Labute approximate surface area is 138 Å². The maximum atomic E-state index is 12.6. The zero-order valence-corrected chi connectivity index (χ0v) is 13.4. The molecule has 0 radical (unpaired) electrons. The average Bonchev–Trinajstić information content (AvgIpc) is 3.28. The van der Waals surface area contributed by atoms with Crippen LogP contribution in [0.4, 0.5) is 0 Å². The fourth-order valence-electron chi connectivity index (χ4n) is 3.04. The molecule has 124 valence electrons. The molecule has 1 amide bonds. The molecule has 3 aromatic heterocycles. The molecule has 0 unspecified atom stereocenters. The van der Waals surface area contributed by atoms with Crippen molar-refractivity contribution in [1.82, 2.24) is 29.2 Å². The quantitative estimate of drug-likeness (QED) is 0.720. The molecule has 8 nitrogen and oxygen atoms in total. The van der Waals surface area contributed by atoms with E-state index in [0.29, 0.717) is 31.9 Å². The van der Waals surface area contributed by atoms with Gasteiger partial charge in [0.15, 0.2) is 5.76 Å². The smallest absolute Gasteiger partial charge is 0.289 e. The normalized spacial score (nSPS) is 14.5. The highest BCUT2D eigenvalue weighted by molar-refractivity contribution is 5.92. The molecule has 4 rings (SSSR count). The van der Waals surface area contributed by atoms with Crippen molar-refractivity contribution in [3.63, 3.8) is 0 Å². The summed E-state index contributed by atoms with van der Waals surface area (Å²) in [5, 5.41) is 4.14. The number of fused-ring (bicyclic) bond motifs is 1. The lowest BCUT2D eigenvalue weighted by Crippen LogP contribution is -2.33. The van der Waals surface area contributed by atoms with E-state index in [1.165, 1.54) is 6.33 Å². The predicted octanol–water partition coefficient (Wildman–Crippen LogP) is 1.12. The zero-order valence-electron chi connectivity index (χ0n) is 13.4. The number of imidazole rings is 1. The Balaban J connectivity index is 1.51. The highest BCUT2D eigenvalue weighted by atomic mass is 16.3. The van der Waals surface area contributed by atoms with Gasteiger partial charge in [0.2, 0.25) is 0 Å². The highest BCUT2D eigenvalue weighted by Crippen LogP contribution is 2.17. The molecule has 1 aliphatic rings. The van der Waals surface area contributed by atoms with E-state index in [4.69, 9.17) is 4.42 Å². The van der Waals surface area contributed by atoms with Gasteiger partial charge >= 0.3 is 0 Å². The standard InChI is InChI=1S/C16H18N6O2/c1-12-3-7-24-15(12)16(23)20-4-2-14-18-8-13(22(14)6-5-20)9-21-11-17-10-19-21/h3,7-8,10-11H,2,4-6,9H2,1H3. The molecular weight excluding hydrogens is 308 g/mol. The van der Waals surface area contributed by atoms with Crippen molar-refractivity contribution < 1.29 is 9.21 Å². The van der Waals surface area contributed by atoms with E-state index in [9.17, 15) is 4.79 Å². The van der Waals surface area contributed by atoms with E-state index in [1.807, 2.05) is 24.1 Å². The van der Waals surface area contributed by atoms with Crippen LogP contribution in [0.5, 0.6) is 0 Å². The van der Waals surface area contributed by atoms with Gasteiger partial charge in [-0.3, -0.25) is 4.79 Å². The van der Waals surface area contributed by atoms with Crippen LogP contribution in [0.2, 0.25) is 0 Å². The minimum Gasteiger partial charge on any atom is -0.459 e. The maximum absolute atomic E-state index is 12.6. The Kier molecular flexibility index (Phi) is 3.64. The number of aryl methyl sites for hydroxylation is 1. The number of amides is 1. The van der Waals surface area contributed by atoms with Gasteiger partial charge in [-0.2, -0.15) is 5.10 Å². The SMILES string of the molecule is Cc1ccoc1C(=O)N1CCc2ncc(Cn3cncn3)n2CC1. The van der Waals surface area contributed by atoms with Crippen LogP contribution in [0.3, 0.4) is 0 Å². The summed E-state index contributed by atoms with van der Waals surface area (Å²) in [6.45, 7) is 4.49. The van der Waals surface area contributed by atoms with Crippen molar-refractivity contribution in [1.29, 1.82) is 0 Å². The number of carbonyl (C=O) groups is 1. The summed E-state index contributed by atoms with van der Waals surface area (Å²) in [6, 6.07) is 1.81. The Morgan fingerprint density at radius 2 is 2.25 bits per heavy atom. The lowest BCUT2D eigenvalue weighted by molar-refractivity contribution is 0.0726. The summed E-state index contributed by atoms with van der Waals surface area (Å²) < 4.78 is 9.28. The molecule has 24 heavy (non-hydrogen) atoms. The minimum absolute atomic E-state index is 0.0546. The molecule has 0 aliphatic carbocycles. The maximum Gasteiger partial charge on any atom is 0.289 e. The van der Waals surface area contributed by atoms with Crippen LogP contribution in [0, 0.1) is 6.92 Å². The predicted molar refractivity (Wildman–Crippen MR) is 84.4 cm³/mol. The number of hydrogen-bond acceptors (Lipinski definition) is 5. The summed E-state index contributed by atoms with van der Waals surface area (Å²) in [5.41, 5.74) is 1.94. The molecule has 0 bridgehead atoms. The van der Waals surface area contributed by atoms with Crippen molar-refractivity contribution in [2.24, 2.45) is 0 Å². The molecule has 4 heterocycles. The lowest BCUT2D eigenvalue weighted by atomic mass is 10.2. The number of carbonyl (C=O) groups excluding carboxylic acids is 1. The molecule has 0 N–H and O–H groups in total. The van der Waals surface area contributed by atoms with Gasteiger partial charge < -0.3 is 13.9 Å². The second-order valence-electron chi connectivity index (χ2n) is 5.89. The van der Waals surface area contributed by atoms with Crippen molar-refractivity contribution in [3.05, 3.63) is 54.0 Å². The van der Waals surface area contributed by atoms with Gasteiger partial charge in [-0.25, -0.2) is 14.6 Å². The third-order valence-electron chi connectivity index (χ3n) is 4.35. The summed E-state index contributed by atoms with van der Waals surface area (Å²) in [5.74, 6) is 1.37. The fourth-order valence-corrected chi connectivity index (χ4v) is 3.04. The third-order valence-corrected chi connectivity index (χ3v) is 4.35. The van der Waals surface area contributed by atoms with Crippen LogP contribution in [0.1, 0.15) is 27.6 Å². The summed E-state index contributed by atoms with van der Waals surface area (Å²) in [7, 11) is 0. The number of rotatable bonds is 3. The molecule has 0 saturated carbocycles. The molecule has 0 fully saturated rings. The van der Waals surface area contributed by atoms with Crippen LogP contribution in [-0.2, 0) is 19.5 Å². The molecule has 3 aromatic rings. The van der Waals surface area contributed by atoms with Gasteiger partial charge in [0.1, 0.15) is 18.5 Å². The van der Waals surface area contributed by atoms with Gasteiger partial charge in [0.05, 0.1) is 24.7 Å². The van der Waals surface area contributed by atoms with Crippen LogP contribution in [-0.4, -0.2) is 48.2 Å². The first kappa shape index (κ1) is 14.7. The highest BCUT2D eigenvalue weighted by Gasteiger charge is 2.24. The van der Waals surface area contributed by atoms with Crippen LogP contribution >= 0.6 is 0 Å². The second-order valence-corrected chi connectivity index (χ2v) is 5.89. The van der Waals surface area contributed by atoms with E-state index >= 15 is 0 Å². The first-order valence-corrected chi connectivity index (χ1v) is 7.91. The average molecular weight is 326 g/mol. The van der Waals surface area contributed by atoms with Crippen molar-refractivity contribution in [2.45, 2.75) is 26.4 Å². The van der Waals surface area contributed by atoms with E-state index in [-0.39, 0.29) is 5.91 Å². The molecule has 0 saturated heterocycles. The first-order valence-electron chi connectivity index (χ1n) is 7.91. The summed E-state index contributed by atoms with van der Waals surface area (Å²) in [6.07, 6.45) is 7.37. The molecule has 8 heteroatoms. The monoisotopic (exact) mass is 326 g/mol. The van der Waals surface area contributed by atoms with Gasteiger partial charge in [0, 0.05) is 31.6 Å². The molecular formula is C16H18N6O2. The van der Waals surface area contributed by atoms with Gasteiger partial charge in [-0.05, 0) is 13.0 Å².